The van der Waals surface area contributed by atoms with Crippen LogP contribution in [0.5, 0.6) is 0 Å². The Hall–Kier alpha value is -1.10. The molecule has 1 N–H and O–H groups in total. The standard InChI is InChI=1S/C12H18N2O2S/c1-8-5-9(2)14(6-8)12-13-10(7-17-12)3-4-11(15)16/h7-9H,3-6H2,1-2H3,(H,15,16). The van der Waals surface area contributed by atoms with E-state index in [9.17, 15) is 4.79 Å². The fraction of sp³-hybridized carbons (Fsp3) is 0.667. The molecule has 1 saturated heterocycles. The van der Waals surface area contributed by atoms with Crippen LogP contribution >= 0.6 is 11.3 Å². The number of carbonyl (C=O) groups is 1. The Morgan fingerprint density at radius 3 is 3.00 bits per heavy atom. The summed E-state index contributed by atoms with van der Waals surface area (Å²) in [6.07, 6.45) is 1.91. The van der Waals surface area contributed by atoms with Gasteiger partial charge in [0.1, 0.15) is 0 Å². The molecule has 0 spiro atoms. The molecule has 0 aromatic carbocycles. The molecule has 0 bridgehead atoms. The number of carboxylic acids is 1. The average Bonchev–Trinajstić information content (AvgIpc) is 2.82. The molecular weight excluding hydrogens is 236 g/mol. The summed E-state index contributed by atoms with van der Waals surface area (Å²) in [7, 11) is 0. The van der Waals surface area contributed by atoms with Gasteiger partial charge in [-0.15, -0.1) is 11.3 Å². The second kappa shape index (κ2) is 5.04. The second-order valence-corrected chi connectivity index (χ2v) is 5.69. The lowest BCUT2D eigenvalue weighted by molar-refractivity contribution is -0.136. The van der Waals surface area contributed by atoms with Crippen LogP contribution in [0.1, 0.15) is 32.4 Å². The van der Waals surface area contributed by atoms with Crippen molar-refractivity contribution in [3.63, 3.8) is 0 Å². The topological polar surface area (TPSA) is 53.4 Å². The van der Waals surface area contributed by atoms with E-state index in [-0.39, 0.29) is 6.42 Å². The van der Waals surface area contributed by atoms with Gasteiger partial charge in [0.15, 0.2) is 5.13 Å². The summed E-state index contributed by atoms with van der Waals surface area (Å²) in [5.74, 6) is -0.0425. The summed E-state index contributed by atoms with van der Waals surface area (Å²) in [5.41, 5.74) is 0.902. The number of hydrogen-bond acceptors (Lipinski definition) is 4. The summed E-state index contributed by atoms with van der Waals surface area (Å²) < 4.78 is 0. The van der Waals surface area contributed by atoms with Crippen LogP contribution in [0.3, 0.4) is 0 Å². The molecule has 17 heavy (non-hydrogen) atoms. The van der Waals surface area contributed by atoms with Gasteiger partial charge in [-0.05, 0) is 19.3 Å². The molecule has 0 amide bonds. The van der Waals surface area contributed by atoms with Crippen molar-refractivity contribution in [2.75, 3.05) is 11.4 Å². The van der Waals surface area contributed by atoms with Gasteiger partial charge in [0.25, 0.3) is 0 Å². The van der Waals surface area contributed by atoms with E-state index in [0.29, 0.717) is 12.5 Å². The highest BCUT2D eigenvalue weighted by molar-refractivity contribution is 7.13. The molecule has 1 fully saturated rings. The molecule has 1 aromatic heterocycles. The minimum atomic E-state index is -0.761. The van der Waals surface area contributed by atoms with E-state index >= 15 is 0 Å². The summed E-state index contributed by atoms with van der Waals surface area (Å²) in [5, 5.41) is 11.7. The van der Waals surface area contributed by atoms with Crippen LogP contribution < -0.4 is 4.90 Å². The Kier molecular flexibility index (Phi) is 3.66. The minimum Gasteiger partial charge on any atom is -0.481 e. The number of nitrogens with zero attached hydrogens (tertiary/aromatic N) is 2. The maximum absolute atomic E-state index is 10.5. The van der Waals surface area contributed by atoms with E-state index in [1.54, 1.807) is 11.3 Å². The first-order chi connectivity index (χ1) is 8.06. The molecule has 2 atom stereocenters. The Labute approximate surface area is 105 Å². The first-order valence-electron chi connectivity index (χ1n) is 5.99. The van der Waals surface area contributed by atoms with Crippen LogP contribution in [0, 0.1) is 5.92 Å². The van der Waals surface area contributed by atoms with Crippen molar-refractivity contribution in [2.45, 2.75) is 39.2 Å². The largest absolute Gasteiger partial charge is 0.481 e. The monoisotopic (exact) mass is 254 g/mol. The number of anilines is 1. The molecule has 2 rings (SSSR count). The van der Waals surface area contributed by atoms with Crippen molar-refractivity contribution in [3.05, 3.63) is 11.1 Å². The molecule has 0 saturated carbocycles. The van der Waals surface area contributed by atoms with Crippen LogP contribution in [0.25, 0.3) is 0 Å². The zero-order chi connectivity index (χ0) is 12.4. The first kappa shape index (κ1) is 12.4. The van der Waals surface area contributed by atoms with E-state index in [1.807, 2.05) is 5.38 Å². The lowest BCUT2D eigenvalue weighted by Crippen LogP contribution is -2.26. The van der Waals surface area contributed by atoms with Crippen LogP contribution in [-0.2, 0) is 11.2 Å². The predicted molar refractivity (Wildman–Crippen MR) is 68.7 cm³/mol. The van der Waals surface area contributed by atoms with Crippen molar-refractivity contribution in [2.24, 2.45) is 5.92 Å². The highest BCUT2D eigenvalue weighted by atomic mass is 32.1. The summed E-state index contributed by atoms with van der Waals surface area (Å²) in [6.45, 7) is 5.55. The number of aromatic nitrogens is 1. The summed E-state index contributed by atoms with van der Waals surface area (Å²) in [4.78, 5) is 17.4. The molecule has 0 aliphatic carbocycles. The molecule has 4 nitrogen and oxygen atoms in total. The van der Waals surface area contributed by atoms with Crippen molar-refractivity contribution >= 4 is 22.4 Å². The van der Waals surface area contributed by atoms with Crippen LogP contribution in [-0.4, -0.2) is 28.6 Å². The van der Waals surface area contributed by atoms with Crippen LogP contribution in [0.4, 0.5) is 5.13 Å². The third-order valence-electron chi connectivity index (χ3n) is 3.16. The van der Waals surface area contributed by atoms with Gasteiger partial charge in [-0.1, -0.05) is 6.92 Å². The zero-order valence-electron chi connectivity index (χ0n) is 10.2. The fourth-order valence-electron chi connectivity index (χ4n) is 2.34. The van der Waals surface area contributed by atoms with Gasteiger partial charge in [0.2, 0.25) is 0 Å². The van der Waals surface area contributed by atoms with E-state index in [2.05, 4.69) is 23.7 Å². The van der Waals surface area contributed by atoms with Gasteiger partial charge in [-0.25, -0.2) is 4.98 Å². The quantitative estimate of drug-likeness (QED) is 0.896. The van der Waals surface area contributed by atoms with Gasteiger partial charge in [-0.2, -0.15) is 0 Å². The predicted octanol–water partition coefficient (Wildman–Crippen LogP) is 2.40. The SMILES string of the molecule is CC1CC(C)N(c2nc(CCC(=O)O)cs2)C1. The summed E-state index contributed by atoms with van der Waals surface area (Å²) in [6, 6.07) is 0.545. The number of rotatable bonds is 4. The Morgan fingerprint density at radius 2 is 2.41 bits per heavy atom. The van der Waals surface area contributed by atoms with Gasteiger partial charge in [0.05, 0.1) is 12.1 Å². The number of thiazole rings is 1. The molecule has 1 aliphatic heterocycles. The number of aryl methyl sites for hydroxylation is 1. The van der Waals surface area contributed by atoms with Crippen LogP contribution in [0.2, 0.25) is 0 Å². The third kappa shape index (κ3) is 2.97. The number of aliphatic carboxylic acids is 1. The molecular formula is C12H18N2O2S. The zero-order valence-corrected chi connectivity index (χ0v) is 11.0. The molecule has 5 heteroatoms. The molecule has 1 aliphatic rings. The van der Waals surface area contributed by atoms with Crippen molar-refractivity contribution in [1.29, 1.82) is 0 Å². The lowest BCUT2D eigenvalue weighted by atomic mass is 10.1. The maximum Gasteiger partial charge on any atom is 0.303 e. The first-order valence-corrected chi connectivity index (χ1v) is 6.87. The van der Waals surface area contributed by atoms with Crippen molar-refractivity contribution in [3.8, 4) is 0 Å². The average molecular weight is 254 g/mol. The molecule has 94 valence electrons. The highest BCUT2D eigenvalue weighted by Crippen LogP contribution is 2.31. The normalized spacial score (nSPS) is 24.2. The van der Waals surface area contributed by atoms with Crippen molar-refractivity contribution in [1.82, 2.24) is 4.98 Å². The van der Waals surface area contributed by atoms with E-state index in [4.69, 9.17) is 5.11 Å². The van der Waals surface area contributed by atoms with E-state index in [0.717, 1.165) is 23.3 Å². The lowest BCUT2D eigenvalue weighted by Gasteiger charge is -2.19. The molecule has 1 aromatic rings. The number of hydrogen-bond donors (Lipinski definition) is 1. The minimum absolute atomic E-state index is 0.162. The Bertz CT molecular complexity index is 405. The van der Waals surface area contributed by atoms with Gasteiger partial charge in [0, 0.05) is 24.4 Å². The van der Waals surface area contributed by atoms with E-state index in [1.165, 1.54) is 6.42 Å². The Morgan fingerprint density at radius 1 is 1.65 bits per heavy atom. The molecule has 0 radical (unpaired) electrons. The second-order valence-electron chi connectivity index (χ2n) is 4.86. The van der Waals surface area contributed by atoms with Crippen LogP contribution in [0.15, 0.2) is 5.38 Å². The number of carboxylic acid groups (broad SMARTS) is 1. The van der Waals surface area contributed by atoms with Crippen molar-refractivity contribution < 1.29 is 9.90 Å². The smallest absolute Gasteiger partial charge is 0.303 e. The van der Waals surface area contributed by atoms with Gasteiger partial charge < -0.3 is 10.0 Å². The molecule has 2 unspecified atom stereocenters. The highest BCUT2D eigenvalue weighted by Gasteiger charge is 2.27. The third-order valence-corrected chi connectivity index (χ3v) is 4.09. The Balaban J connectivity index is 2.00. The molecule has 2 heterocycles. The van der Waals surface area contributed by atoms with Gasteiger partial charge >= 0.3 is 5.97 Å². The van der Waals surface area contributed by atoms with Gasteiger partial charge in [-0.3, -0.25) is 4.79 Å². The van der Waals surface area contributed by atoms with E-state index < -0.39 is 5.97 Å². The summed E-state index contributed by atoms with van der Waals surface area (Å²) >= 11 is 1.63. The fourth-order valence-corrected chi connectivity index (χ4v) is 3.32. The maximum atomic E-state index is 10.5.